The Morgan fingerprint density at radius 2 is 1.27 bits per heavy atom. The number of unbranched alkanes of at least 4 members (excludes halogenated alkanes) is 3. The summed E-state index contributed by atoms with van der Waals surface area (Å²) in [5.41, 5.74) is 12.3. The molecule has 0 fully saturated rings. The largest absolute Gasteiger partial charge is 0.356 e. The van der Waals surface area contributed by atoms with E-state index in [0.717, 1.165) is 23.4 Å². The molecule has 0 aromatic heterocycles. The topological polar surface area (TPSA) is 12.0 Å². The Morgan fingerprint density at radius 3 is 1.76 bits per heavy atom. The lowest BCUT2D eigenvalue weighted by Gasteiger charge is -2.19. The number of rotatable bonds is 13. The molecule has 1 unspecified atom stereocenters. The van der Waals surface area contributed by atoms with Crippen LogP contribution in [-0.2, 0) is 12.8 Å². The first-order valence-electron chi connectivity index (χ1n) is 19.1. The Labute approximate surface area is 305 Å². The fourth-order valence-corrected chi connectivity index (χ4v) is 4.28. The second-order valence-corrected chi connectivity index (χ2v) is 12.6. The maximum atomic E-state index is 4.45. The van der Waals surface area contributed by atoms with Crippen LogP contribution >= 0.6 is 0 Å². The summed E-state index contributed by atoms with van der Waals surface area (Å²) in [7, 11) is 0. The van der Waals surface area contributed by atoms with Gasteiger partial charge in [-0.1, -0.05) is 180 Å². The van der Waals surface area contributed by atoms with Crippen molar-refractivity contribution >= 4 is 11.3 Å². The zero-order valence-electron chi connectivity index (χ0n) is 34.2. The van der Waals surface area contributed by atoms with Gasteiger partial charge in [0.25, 0.3) is 0 Å². The molecule has 272 valence electrons. The summed E-state index contributed by atoms with van der Waals surface area (Å²) in [5.74, 6) is 0.372. The summed E-state index contributed by atoms with van der Waals surface area (Å²) in [4.78, 5) is 0. The van der Waals surface area contributed by atoms with E-state index in [1.807, 2.05) is 32.9 Å². The summed E-state index contributed by atoms with van der Waals surface area (Å²) in [6.45, 7) is 36.3. The summed E-state index contributed by atoms with van der Waals surface area (Å²) >= 11 is 0. The van der Waals surface area contributed by atoms with Crippen LogP contribution in [0.15, 0.2) is 109 Å². The van der Waals surface area contributed by atoms with Crippen molar-refractivity contribution in [2.45, 2.75) is 141 Å². The third-order valence-corrected chi connectivity index (χ3v) is 8.28. The summed E-state index contributed by atoms with van der Waals surface area (Å²) < 4.78 is 0. The van der Waals surface area contributed by atoms with Crippen LogP contribution in [0.1, 0.15) is 141 Å². The summed E-state index contributed by atoms with van der Waals surface area (Å²) in [5, 5.41) is 3.49. The molecule has 0 aliphatic rings. The molecule has 3 aromatic carbocycles. The van der Waals surface area contributed by atoms with E-state index in [2.05, 4.69) is 161 Å². The molecule has 0 bridgehead atoms. The van der Waals surface area contributed by atoms with E-state index in [4.69, 9.17) is 0 Å². The molecule has 1 atom stereocenters. The van der Waals surface area contributed by atoms with Gasteiger partial charge in [0.05, 0.1) is 0 Å². The van der Waals surface area contributed by atoms with Crippen LogP contribution in [0, 0.1) is 26.7 Å². The van der Waals surface area contributed by atoms with Gasteiger partial charge >= 0.3 is 0 Å². The normalized spacial score (nSPS) is 10.9. The van der Waals surface area contributed by atoms with Crippen LogP contribution in [0.2, 0.25) is 0 Å². The summed E-state index contributed by atoms with van der Waals surface area (Å²) in [6, 6.07) is 24.0. The van der Waals surface area contributed by atoms with Crippen molar-refractivity contribution in [2.75, 3.05) is 5.32 Å². The quantitative estimate of drug-likeness (QED) is 0.179. The van der Waals surface area contributed by atoms with Gasteiger partial charge in [0, 0.05) is 11.4 Å². The van der Waals surface area contributed by atoms with Gasteiger partial charge in [-0.3, -0.25) is 0 Å². The first kappa shape index (κ1) is 47.5. The van der Waals surface area contributed by atoms with Crippen molar-refractivity contribution in [3.05, 3.63) is 143 Å². The third kappa shape index (κ3) is 21.9. The minimum absolute atomic E-state index is 0.372. The monoisotopic (exact) mass is 666 g/mol. The first-order valence-corrected chi connectivity index (χ1v) is 19.1. The summed E-state index contributed by atoms with van der Waals surface area (Å²) in [6.07, 6.45) is 16.1. The number of benzene rings is 3. The third-order valence-electron chi connectivity index (χ3n) is 8.28. The second-order valence-electron chi connectivity index (χ2n) is 12.6. The zero-order valence-corrected chi connectivity index (χ0v) is 34.2. The molecule has 3 aromatic rings. The van der Waals surface area contributed by atoms with E-state index >= 15 is 0 Å². The van der Waals surface area contributed by atoms with Crippen LogP contribution in [-0.4, -0.2) is 0 Å². The van der Waals surface area contributed by atoms with E-state index < -0.39 is 0 Å². The number of nitrogens with one attached hydrogen (secondary N) is 1. The number of aryl methyl sites for hydroxylation is 4. The predicted octanol–water partition coefficient (Wildman–Crippen LogP) is 15.6. The maximum Gasteiger partial charge on any atom is 0.0419 e. The van der Waals surface area contributed by atoms with Crippen molar-refractivity contribution in [2.24, 2.45) is 5.92 Å². The average Bonchev–Trinajstić information content (AvgIpc) is 3.12. The van der Waals surface area contributed by atoms with Gasteiger partial charge in [-0.15, -0.1) is 0 Å². The van der Waals surface area contributed by atoms with Crippen LogP contribution in [0.3, 0.4) is 0 Å². The molecule has 0 saturated heterocycles. The van der Waals surface area contributed by atoms with Crippen LogP contribution in [0.4, 0.5) is 5.69 Å². The van der Waals surface area contributed by atoms with Crippen LogP contribution in [0.25, 0.3) is 5.57 Å². The number of allylic oxidation sites excluding steroid dienone is 5. The van der Waals surface area contributed by atoms with Crippen molar-refractivity contribution in [3.8, 4) is 0 Å². The fraction of sp³-hybridized carbons (Fsp3) is 0.458. The minimum atomic E-state index is 0.372. The molecule has 0 amide bonds. The Hall–Kier alpha value is -3.58. The fourth-order valence-electron chi connectivity index (χ4n) is 4.28. The molecule has 1 N–H and O–H groups in total. The SMILES string of the molecule is C=C(Nc1cc(C(=C)C(C)Cc2cccc(CCCC)c2)ccc1C)/C(C)=C/C=C\C.CC.CCCC.CCCC.Cc1ccccc1C. The Morgan fingerprint density at radius 1 is 0.714 bits per heavy atom. The zero-order chi connectivity index (χ0) is 37.6. The smallest absolute Gasteiger partial charge is 0.0419 e. The molecule has 0 radical (unpaired) electrons. The molecule has 49 heavy (non-hydrogen) atoms. The van der Waals surface area contributed by atoms with Crippen LogP contribution in [0.5, 0.6) is 0 Å². The van der Waals surface area contributed by atoms with Gasteiger partial charge in [0.15, 0.2) is 0 Å². The molecule has 0 aliphatic heterocycles. The Kier molecular flexibility index (Phi) is 29.6. The lowest BCUT2D eigenvalue weighted by Crippen LogP contribution is -2.05. The highest BCUT2D eigenvalue weighted by atomic mass is 14.9. The average molecular weight is 666 g/mol. The standard InChI is InChI=1S/C30H39N.C8H10.2C4H10.C2H6/c1-8-10-13-22(3)26(7)31-30-21-29(18-17-23(30)4)25(6)24(5)19-28-16-12-15-27(20-28)14-11-9-2;1-7-5-3-4-6-8(7)2;2*1-3-4-2;1-2/h8,10,12-13,15-18,20-21,24,31H,6-7,9,11,14,19H2,1-5H3;3-6H,1-2H3;2*3-4H2,1-2H3;1-2H3/b10-8-,22-13+;;;;. The number of hydrogen-bond acceptors (Lipinski definition) is 1. The lowest BCUT2D eigenvalue weighted by atomic mass is 9.88. The highest BCUT2D eigenvalue weighted by Crippen LogP contribution is 2.29. The molecule has 0 aliphatic carbocycles. The lowest BCUT2D eigenvalue weighted by molar-refractivity contribution is 0.741. The van der Waals surface area contributed by atoms with Crippen molar-refractivity contribution in [1.82, 2.24) is 0 Å². The van der Waals surface area contributed by atoms with Crippen molar-refractivity contribution in [1.29, 1.82) is 0 Å². The van der Waals surface area contributed by atoms with Gasteiger partial charge in [0.1, 0.15) is 0 Å². The van der Waals surface area contributed by atoms with E-state index in [1.54, 1.807) is 0 Å². The van der Waals surface area contributed by atoms with E-state index in [-0.39, 0.29) is 0 Å². The molecule has 1 heteroatoms. The van der Waals surface area contributed by atoms with Gasteiger partial charge in [-0.2, -0.15) is 0 Å². The molecular formula is C48H75N. The van der Waals surface area contributed by atoms with E-state index in [1.165, 1.54) is 83.9 Å². The molecular weight excluding hydrogens is 591 g/mol. The second kappa shape index (κ2) is 30.5. The van der Waals surface area contributed by atoms with Crippen LogP contribution < -0.4 is 5.32 Å². The van der Waals surface area contributed by atoms with Gasteiger partial charge in [-0.25, -0.2) is 0 Å². The predicted molar refractivity (Wildman–Crippen MR) is 228 cm³/mol. The molecule has 1 nitrogen and oxygen atoms in total. The molecule has 0 spiro atoms. The Balaban J connectivity index is 0. The first-order chi connectivity index (χ1) is 23.5. The minimum Gasteiger partial charge on any atom is -0.356 e. The highest BCUT2D eigenvalue weighted by Gasteiger charge is 2.12. The van der Waals surface area contributed by atoms with E-state index in [9.17, 15) is 0 Å². The molecule has 0 saturated carbocycles. The highest BCUT2D eigenvalue weighted by molar-refractivity contribution is 5.71. The maximum absolute atomic E-state index is 4.45. The molecule has 0 heterocycles. The van der Waals surface area contributed by atoms with E-state index in [0.29, 0.717) is 5.92 Å². The molecule has 3 rings (SSSR count). The van der Waals surface area contributed by atoms with Gasteiger partial charge < -0.3 is 5.32 Å². The van der Waals surface area contributed by atoms with Crippen molar-refractivity contribution < 1.29 is 0 Å². The van der Waals surface area contributed by atoms with Gasteiger partial charge in [-0.05, 0) is 110 Å². The number of anilines is 1. The van der Waals surface area contributed by atoms with Gasteiger partial charge in [0.2, 0.25) is 0 Å². The van der Waals surface area contributed by atoms with Crippen molar-refractivity contribution in [3.63, 3.8) is 0 Å². The Bertz CT molecular complexity index is 1320. The number of hydrogen-bond donors (Lipinski definition) is 1.